The maximum absolute atomic E-state index is 12.1. The van der Waals surface area contributed by atoms with Gasteiger partial charge in [-0.2, -0.15) is 5.10 Å². The van der Waals surface area contributed by atoms with Crippen molar-refractivity contribution in [3.8, 4) is 0 Å². The first-order valence-corrected chi connectivity index (χ1v) is 9.69. The van der Waals surface area contributed by atoms with Gasteiger partial charge in [0.15, 0.2) is 5.16 Å². The highest BCUT2D eigenvalue weighted by atomic mass is 32.2. The van der Waals surface area contributed by atoms with Crippen LogP contribution >= 0.6 is 11.8 Å². The highest BCUT2D eigenvalue weighted by molar-refractivity contribution is 7.99. The van der Waals surface area contributed by atoms with Crippen molar-refractivity contribution in [1.82, 2.24) is 15.0 Å². The van der Waals surface area contributed by atoms with Gasteiger partial charge in [0.2, 0.25) is 0 Å². The molecular formula is C20H20N4O3S. The van der Waals surface area contributed by atoms with Crippen molar-refractivity contribution >= 4 is 40.9 Å². The molecule has 0 saturated carbocycles. The number of nitrogens with zero attached hydrogens (tertiary/aromatic N) is 3. The van der Waals surface area contributed by atoms with E-state index in [2.05, 4.69) is 24.8 Å². The smallest absolute Gasteiger partial charge is 0.337 e. The molecule has 28 heavy (non-hydrogen) atoms. The molecule has 1 N–H and O–H groups in total. The van der Waals surface area contributed by atoms with Gasteiger partial charge in [0.25, 0.3) is 5.91 Å². The number of carbonyl (C=O) groups is 2. The lowest BCUT2D eigenvalue weighted by Crippen LogP contribution is -2.20. The van der Waals surface area contributed by atoms with Crippen LogP contribution in [0.5, 0.6) is 0 Å². The van der Waals surface area contributed by atoms with Gasteiger partial charge >= 0.3 is 5.97 Å². The van der Waals surface area contributed by atoms with Crippen LogP contribution in [0.3, 0.4) is 0 Å². The summed E-state index contributed by atoms with van der Waals surface area (Å²) < 4.78 is 6.73. The van der Waals surface area contributed by atoms with E-state index in [1.165, 1.54) is 25.1 Å². The van der Waals surface area contributed by atoms with E-state index >= 15 is 0 Å². The number of ether oxygens (including phenoxy) is 1. The van der Waals surface area contributed by atoms with Crippen molar-refractivity contribution < 1.29 is 14.3 Å². The van der Waals surface area contributed by atoms with E-state index < -0.39 is 5.97 Å². The molecule has 0 fully saturated rings. The summed E-state index contributed by atoms with van der Waals surface area (Å²) >= 11 is 1.37. The van der Waals surface area contributed by atoms with Crippen LogP contribution in [0.15, 0.2) is 58.8 Å². The summed E-state index contributed by atoms with van der Waals surface area (Å²) in [5.74, 6) is -0.406. The minimum Gasteiger partial charge on any atom is -0.465 e. The van der Waals surface area contributed by atoms with Crippen molar-refractivity contribution in [3.05, 3.63) is 59.7 Å². The van der Waals surface area contributed by atoms with Gasteiger partial charge in [-0.15, -0.1) is 0 Å². The van der Waals surface area contributed by atoms with Gasteiger partial charge in [0.05, 0.1) is 35.7 Å². The van der Waals surface area contributed by atoms with Crippen molar-refractivity contribution in [2.24, 2.45) is 5.10 Å². The molecule has 0 bridgehead atoms. The summed E-state index contributed by atoms with van der Waals surface area (Å²) in [4.78, 5) is 28.0. The molecule has 0 unspecified atom stereocenters. The number of hydrogen-bond acceptors (Lipinski definition) is 6. The summed E-state index contributed by atoms with van der Waals surface area (Å²) in [7, 11) is 1.33. The summed E-state index contributed by atoms with van der Waals surface area (Å²) in [6.07, 6.45) is 1.52. The maximum Gasteiger partial charge on any atom is 0.337 e. The Kier molecular flexibility index (Phi) is 6.44. The lowest BCUT2D eigenvalue weighted by atomic mass is 10.1. The molecule has 7 nitrogen and oxygen atoms in total. The minimum atomic E-state index is -0.396. The largest absolute Gasteiger partial charge is 0.465 e. The first-order chi connectivity index (χ1) is 13.6. The van der Waals surface area contributed by atoms with Gasteiger partial charge in [-0.05, 0) is 36.8 Å². The third kappa shape index (κ3) is 4.58. The number of amides is 1. The molecule has 1 amide bonds. The predicted molar refractivity (Wildman–Crippen MR) is 110 cm³/mol. The Balaban J connectivity index is 1.55. The molecule has 0 aliphatic carbocycles. The fourth-order valence-corrected chi connectivity index (χ4v) is 3.50. The van der Waals surface area contributed by atoms with Crippen LogP contribution in [0.25, 0.3) is 11.0 Å². The number of carbonyl (C=O) groups excluding carboxylic acids is 2. The second-order valence-corrected chi connectivity index (χ2v) is 6.77. The Morgan fingerprint density at radius 2 is 1.96 bits per heavy atom. The monoisotopic (exact) mass is 396 g/mol. The van der Waals surface area contributed by atoms with Gasteiger partial charge in [-0.25, -0.2) is 15.2 Å². The molecule has 0 aliphatic rings. The Morgan fingerprint density at radius 3 is 2.68 bits per heavy atom. The highest BCUT2D eigenvalue weighted by Crippen LogP contribution is 2.23. The van der Waals surface area contributed by atoms with Gasteiger partial charge in [0.1, 0.15) is 0 Å². The van der Waals surface area contributed by atoms with Crippen molar-refractivity contribution in [3.63, 3.8) is 0 Å². The van der Waals surface area contributed by atoms with Crippen LogP contribution in [0, 0.1) is 0 Å². The molecule has 0 spiro atoms. The predicted octanol–water partition coefficient (Wildman–Crippen LogP) is 3.09. The number of methoxy groups -OCH3 is 1. The SMILES string of the molecule is CCn1c(SCC(=O)N/N=C\c2ccc(C(=O)OC)cc2)nc2ccccc21. The Morgan fingerprint density at radius 1 is 1.21 bits per heavy atom. The van der Waals surface area contributed by atoms with Gasteiger partial charge < -0.3 is 9.30 Å². The molecular weight excluding hydrogens is 376 g/mol. The molecule has 0 saturated heterocycles. The molecule has 0 radical (unpaired) electrons. The lowest BCUT2D eigenvalue weighted by Gasteiger charge is -2.05. The second kappa shape index (κ2) is 9.18. The van der Waals surface area contributed by atoms with Crippen molar-refractivity contribution in [2.45, 2.75) is 18.6 Å². The van der Waals surface area contributed by atoms with E-state index in [9.17, 15) is 9.59 Å². The van der Waals surface area contributed by atoms with Crippen molar-refractivity contribution in [2.75, 3.05) is 12.9 Å². The zero-order valence-corrected chi connectivity index (χ0v) is 16.4. The molecule has 1 heterocycles. The molecule has 3 rings (SSSR count). The first kappa shape index (κ1) is 19.6. The number of esters is 1. The number of aryl methyl sites for hydroxylation is 1. The molecule has 0 atom stereocenters. The van der Waals surface area contributed by atoms with Gasteiger partial charge in [-0.3, -0.25) is 4.79 Å². The number of thioether (sulfide) groups is 1. The number of aromatic nitrogens is 2. The van der Waals surface area contributed by atoms with Gasteiger partial charge in [-0.1, -0.05) is 36.0 Å². The fraction of sp³-hybridized carbons (Fsp3) is 0.200. The second-order valence-electron chi connectivity index (χ2n) is 5.82. The molecule has 8 heteroatoms. The van der Waals surface area contributed by atoms with E-state index in [0.717, 1.165) is 28.3 Å². The third-order valence-electron chi connectivity index (χ3n) is 4.00. The maximum atomic E-state index is 12.1. The Bertz CT molecular complexity index is 1010. The zero-order chi connectivity index (χ0) is 19.9. The van der Waals surface area contributed by atoms with Crippen LogP contribution in [0.2, 0.25) is 0 Å². The van der Waals surface area contributed by atoms with E-state index in [1.807, 2.05) is 31.2 Å². The average Bonchev–Trinajstić information content (AvgIpc) is 3.09. The van der Waals surface area contributed by atoms with Gasteiger partial charge in [0, 0.05) is 6.54 Å². The van der Waals surface area contributed by atoms with Crippen LogP contribution in [0.1, 0.15) is 22.8 Å². The summed E-state index contributed by atoms with van der Waals surface area (Å²) in [6, 6.07) is 14.6. The zero-order valence-electron chi connectivity index (χ0n) is 15.6. The quantitative estimate of drug-likeness (QED) is 0.287. The van der Waals surface area contributed by atoms with E-state index in [4.69, 9.17) is 0 Å². The number of benzene rings is 2. The standard InChI is InChI=1S/C20H20N4O3S/c1-3-24-17-7-5-4-6-16(17)22-20(24)28-13-18(25)23-21-12-14-8-10-15(11-9-14)19(26)27-2/h4-12H,3,13H2,1-2H3,(H,23,25)/b21-12-. The van der Waals surface area contributed by atoms with Crippen LogP contribution in [-0.4, -0.2) is 40.5 Å². The number of rotatable bonds is 7. The van der Waals surface area contributed by atoms with Crippen LogP contribution in [-0.2, 0) is 16.1 Å². The first-order valence-electron chi connectivity index (χ1n) is 8.70. The lowest BCUT2D eigenvalue weighted by molar-refractivity contribution is -0.118. The third-order valence-corrected chi connectivity index (χ3v) is 4.98. The number of hydrazone groups is 1. The Hall–Kier alpha value is -3.13. The molecule has 144 valence electrons. The van der Waals surface area contributed by atoms with Crippen molar-refractivity contribution in [1.29, 1.82) is 0 Å². The fourth-order valence-electron chi connectivity index (χ4n) is 2.63. The van der Waals surface area contributed by atoms with E-state index in [-0.39, 0.29) is 11.7 Å². The number of fused-ring (bicyclic) bond motifs is 1. The molecule has 0 aliphatic heterocycles. The van der Waals surface area contributed by atoms with Crippen LogP contribution in [0.4, 0.5) is 0 Å². The summed E-state index contributed by atoms with van der Waals surface area (Å²) in [5, 5.41) is 4.76. The van der Waals surface area contributed by atoms with Crippen LogP contribution < -0.4 is 5.43 Å². The normalized spacial score (nSPS) is 11.1. The highest BCUT2D eigenvalue weighted by Gasteiger charge is 2.11. The Labute approximate surface area is 166 Å². The number of hydrogen-bond donors (Lipinski definition) is 1. The minimum absolute atomic E-state index is 0.210. The average molecular weight is 396 g/mol. The molecule has 3 aromatic rings. The summed E-state index contributed by atoms with van der Waals surface area (Å²) in [5.41, 5.74) is 5.69. The molecule has 2 aromatic carbocycles. The van der Waals surface area contributed by atoms with E-state index in [1.54, 1.807) is 24.3 Å². The number of para-hydroxylation sites is 2. The number of nitrogens with one attached hydrogen (secondary N) is 1. The molecule has 1 aromatic heterocycles. The topological polar surface area (TPSA) is 85.6 Å². The summed E-state index contributed by atoms with van der Waals surface area (Å²) in [6.45, 7) is 2.83. The van der Waals surface area contributed by atoms with E-state index in [0.29, 0.717) is 5.56 Å². The number of imidazole rings is 1.